The Kier molecular flexibility index (Phi) is 3.72. The summed E-state index contributed by atoms with van der Waals surface area (Å²) in [6.45, 7) is 0.133. The fraction of sp³-hybridized carbons (Fsp3) is 0.400. The molecule has 0 aliphatic rings. The second kappa shape index (κ2) is 4.53. The summed E-state index contributed by atoms with van der Waals surface area (Å²) in [6.07, 6.45) is 0. The lowest BCUT2D eigenvalue weighted by molar-refractivity contribution is -0.0716. The lowest BCUT2D eigenvalue weighted by Gasteiger charge is -2.23. The molecule has 90 valence electrons. The van der Waals surface area contributed by atoms with Crippen molar-refractivity contribution >= 4 is 11.6 Å². The normalized spacial score (nSPS) is 13.9. The molecule has 0 amide bonds. The first-order chi connectivity index (χ1) is 7.29. The van der Waals surface area contributed by atoms with Crippen LogP contribution in [-0.4, -0.2) is 22.7 Å². The summed E-state index contributed by atoms with van der Waals surface area (Å²) in [5.41, 5.74) is 5.47. The summed E-state index contributed by atoms with van der Waals surface area (Å²) >= 11 is 5.69. The number of phenols is 1. The van der Waals surface area contributed by atoms with E-state index in [1.54, 1.807) is 0 Å². The van der Waals surface area contributed by atoms with Gasteiger partial charge in [-0.05, 0) is 24.6 Å². The zero-order valence-electron chi connectivity index (χ0n) is 8.54. The lowest BCUT2D eigenvalue weighted by Crippen LogP contribution is -2.36. The van der Waals surface area contributed by atoms with Gasteiger partial charge in [0.2, 0.25) is 0 Å². The van der Waals surface area contributed by atoms with Crippen molar-refractivity contribution < 1.29 is 19.0 Å². The van der Waals surface area contributed by atoms with Crippen LogP contribution in [0.15, 0.2) is 12.1 Å². The highest BCUT2D eigenvalue weighted by Gasteiger charge is 2.39. The average Bonchev–Trinajstić information content (AvgIpc) is 2.22. The van der Waals surface area contributed by atoms with Gasteiger partial charge in [-0.3, -0.25) is 0 Å². The number of hydrogen-bond acceptors (Lipinski definition) is 3. The maximum absolute atomic E-state index is 13.1. The molecule has 0 aliphatic heterocycles. The van der Waals surface area contributed by atoms with Crippen molar-refractivity contribution in [2.75, 3.05) is 6.61 Å². The number of phenolic OH excluding ortho intramolecular Hbond substituents is 1. The third-order valence-corrected chi connectivity index (χ3v) is 2.51. The molecule has 16 heavy (non-hydrogen) atoms. The van der Waals surface area contributed by atoms with E-state index in [9.17, 15) is 13.9 Å². The average molecular weight is 252 g/mol. The molecule has 3 nitrogen and oxygen atoms in total. The number of aliphatic hydroxyl groups is 1. The van der Waals surface area contributed by atoms with Gasteiger partial charge in [0.05, 0.1) is 0 Å². The topological polar surface area (TPSA) is 66.5 Å². The van der Waals surface area contributed by atoms with Crippen LogP contribution in [0.4, 0.5) is 8.78 Å². The molecule has 0 unspecified atom stereocenters. The minimum Gasteiger partial charge on any atom is -0.507 e. The van der Waals surface area contributed by atoms with Gasteiger partial charge in [-0.25, -0.2) is 8.78 Å². The van der Waals surface area contributed by atoms with Crippen molar-refractivity contribution in [1.82, 2.24) is 0 Å². The van der Waals surface area contributed by atoms with E-state index in [1.165, 1.54) is 13.0 Å². The Morgan fingerprint density at radius 2 is 2.06 bits per heavy atom. The van der Waals surface area contributed by atoms with Crippen LogP contribution in [0.3, 0.4) is 0 Å². The predicted molar refractivity (Wildman–Crippen MR) is 56.8 cm³/mol. The fourth-order valence-corrected chi connectivity index (χ4v) is 1.61. The van der Waals surface area contributed by atoms with Crippen molar-refractivity contribution in [3.8, 4) is 5.75 Å². The van der Waals surface area contributed by atoms with E-state index in [4.69, 9.17) is 22.4 Å². The first-order valence-electron chi connectivity index (χ1n) is 4.53. The van der Waals surface area contributed by atoms with E-state index >= 15 is 0 Å². The molecule has 6 heteroatoms. The number of benzene rings is 1. The Labute approximate surface area is 96.5 Å². The second-order valence-electron chi connectivity index (χ2n) is 3.56. The monoisotopic (exact) mass is 251 g/mol. The molecule has 0 radical (unpaired) electrons. The molecule has 0 spiro atoms. The molecule has 0 saturated heterocycles. The Bertz CT molecular complexity index is 399. The van der Waals surface area contributed by atoms with Crippen molar-refractivity contribution in [1.29, 1.82) is 0 Å². The summed E-state index contributed by atoms with van der Waals surface area (Å²) in [5.74, 6) is -3.83. The smallest absolute Gasteiger partial charge is 0.289 e. The van der Waals surface area contributed by atoms with E-state index in [-0.39, 0.29) is 16.3 Å². The minimum atomic E-state index is -3.51. The van der Waals surface area contributed by atoms with Crippen molar-refractivity contribution in [3.05, 3.63) is 28.3 Å². The van der Waals surface area contributed by atoms with Crippen LogP contribution >= 0.6 is 11.6 Å². The molecule has 1 atom stereocenters. The number of hydrogen-bond donors (Lipinski definition) is 3. The molecule has 0 heterocycles. The molecule has 1 rings (SSSR count). The van der Waals surface area contributed by atoms with Gasteiger partial charge in [-0.2, -0.15) is 0 Å². The number of aromatic hydroxyl groups is 1. The van der Waals surface area contributed by atoms with E-state index in [0.717, 1.165) is 6.07 Å². The zero-order valence-corrected chi connectivity index (χ0v) is 9.30. The SMILES string of the molecule is Cc1cc(Cl)cc([C@H](N)C(F)(F)CO)c1O. The van der Waals surface area contributed by atoms with E-state index in [2.05, 4.69) is 0 Å². The lowest BCUT2D eigenvalue weighted by atomic mass is 9.98. The maximum atomic E-state index is 13.1. The van der Waals surface area contributed by atoms with Crippen LogP contribution in [0.2, 0.25) is 5.02 Å². The summed E-state index contributed by atoms with van der Waals surface area (Å²) in [6, 6.07) is 0.803. The van der Waals surface area contributed by atoms with Gasteiger partial charge in [0, 0.05) is 10.6 Å². The number of halogens is 3. The zero-order chi connectivity index (χ0) is 12.5. The molecular weight excluding hydrogens is 240 g/mol. The van der Waals surface area contributed by atoms with Crippen LogP contribution < -0.4 is 5.73 Å². The molecule has 4 N–H and O–H groups in total. The second-order valence-corrected chi connectivity index (χ2v) is 3.99. The van der Waals surface area contributed by atoms with Gasteiger partial charge < -0.3 is 15.9 Å². The van der Waals surface area contributed by atoms with Crippen LogP contribution in [0.1, 0.15) is 17.2 Å². The van der Waals surface area contributed by atoms with Crippen molar-refractivity contribution in [2.45, 2.75) is 18.9 Å². The molecule has 0 aromatic heterocycles. The number of aliphatic hydroxyl groups excluding tert-OH is 1. The van der Waals surface area contributed by atoms with Crippen LogP contribution in [0.25, 0.3) is 0 Å². The highest BCUT2D eigenvalue weighted by molar-refractivity contribution is 6.30. The Balaban J connectivity index is 3.23. The summed E-state index contributed by atoms with van der Waals surface area (Å²) in [7, 11) is 0. The number of nitrogens with two attached hydrogens (primary N) is 1. The van der Waals surface area contributed by atoms with Gasteiger partial charge in [0.15, 0.2) is 0 Å². The standard InChI is InChI=1S/C10H12ClF2NO2/c1-5-2-6(11)3-7(8(5)16)9(14)10(12,13)4-15/h2-3,9,15-16H,4,14H2,1H3/t9-/m0/s1. The molecule has 0 bridgehead atoms. The van der Waals surface area contributed by atoms with Crippen molar-refractivity contribution in [3.63, 3.8) is 0 Å². The van der Waals surface area contributed by atoms with Gasteiger partial charge >= 0.3 is 0 Å². The summed E-state index contributed by atoms with van der Waals surface area (Å²) in [4.78, 5) is 0. The van der Waals surface area contributed by atoms with Gasteiger partial charge in [-0.1, -0.05) is 11.6 Å². The van der Waals surface area contributed by atoms with Gasteiger partial charge in [0.1, 0.15) is 18.4 Å². The third kappa shape index (κ3) is 2.42. The quantitative estimate of drug-likeness (QED) is 0.770. The fourth-order valence-electron chi connectivity index (χ4n) is 1.32. The molecule has 0 aliphatic carbocycles. The maximum Gasteiger partial charge on any atom is 0.289 e. The molecule has 0 saturated carbocycles. The highest BCUT2D eigenvalue weighted by atomic mass is 35.5. The molecular formula is C10H12ClF2NO2. The highest BCUT2D eigenvalue weighted by Crippen LogP contribution is 2.37. The Hall–Kier alpha value is -0.910. The molecule has 1 aromatic rings. The van der Waals surface area contributed by atoms with E-state index in [1.807, 2.05) is 0 Å². The number of alkyl halides is 2. The van der Waals surface area contributed by atoms with E-state index < -0.39 is 18.6 Å². The first kappa shape index (κ1) is 13.2. The van der Waals surface area contributed by atoms with Crippen LogP contribution in [-0.2, 0) is 0 Å². The summed E-state index contributed by atoms with van der Waals surface area (Å²) in [5, 5.41) is 18.3. The van der Waals surface area contributed by atoms with E-state index in [0.29, 0.717) is 5.56 Å². The molecule has 1 aromatic carbocycles. The molecule has 0 fully saturated rings. The van der Waals surface area contributed by atoms with Crippen LogP contribution in [0.5, 0.6) is 5.75 Å². The number of rotatable bonds is 3. The Morgan fingerprint density at radius 1 is 1.50 bits per heavy atom. The first-order valence-corrected chi connectivity index (χ1v) is 4.90. The third-order valence-electron chi connectivity index (χ3n) is 2.30. The van der Waals surface area contributed by atoms with Gasteiger partial charge in [-0.15, -0.1) is 0 Å². The Morgan fingerprint density at radius 3 is 2.56 bits per heavy atom. The largest absolute Gasteiger partial charge is 0.507 e. The van der Waals surface area contributed by atoms with Gasteiger partial charge in [0.25, 0.3) is 5.92 Å². The summed E-state index contributed by atoms with van der Waals surface area (Å²) < 4.78 is 26.3. The minimum absolute atomic E-state index is 0.177. The van der Waals surface area contributed by atoms with Crippen LogP contribution in [0, 0.1) is 6.92 Å². The van der Waals surface area contributed by atoms with Crippen molar-refractivity contribution in [2.24, 2.45) is 5.73 Å². The number of aryl methyl sites for hydroxylation is 1. The predicted octanol–water partition coefficient (Wildman–Crippen LogP) is 1.98.